The van der Waals surface area contributed by atoms with E-state index < -0.39 is 5.97 Å². The molecule has 0 fully saturated rings. The molecule has 98 valence electrons. The van der Waals surface area contributed by atoms with Gasteiger partial charge in [-0.25, -0.2) is 14.8 Å². The summed E-state index contributed by atoms with van der Waals surface area (Å²) >= 11 is 5.59. The maximum absolute atomic E-state index is 10.9. The van der Waals surface area contributed by atoms with Crippen LogP contribution in [0.5, 0.6) is 0 Å². The van der Waals surface area contributed by atoms with Gasteiger partial charge in [0.2, 0.25) is 5.95 Å². The lowest BCUT2D eigenvalue weighted by Gasteiger charge is -2.08. The quantitative estimate of drug-likeness (QED) is 0.723. The number of nitrogens with zero attached hydrogens (tertiary/aromatic N) is 2. The Hall–Kier alpha value is -1.22. The van der Waals surface area contributed by atoms with Crippen LogP contribution in [0.3, 0.4) is 0 Å². The molecule has 0 radical (unpaired) electrons. The smallest absolute Gasteiger partial charge is 0.339 e. The third-order valence-corrected chi connectivity index (χ3v) is 3.82. The highest BCUT2D eigenvalue weighted by molar-refractivity contribution is 14.1. The first-order valence-corrected chi connectivity index (χ1v) is 7.13. The number of aromatic nitrogens is 2. The fourth-order valence-electron chi connectivity index (χ4n) is 1.45. The van der Waals surface area contributed by atoms with Gasteiger partial charge in [0.1, 0.15) is 0 Å². The van der Waals surface area contributed by atoms with E-state index in [1.165, 1.54) is 6.20 Å². The lowest BCUT2D eigenvalue weighted by Crippen LogP contribution is -2.06. The summed E-state index contributed by atoms with van der Waals surface area (Å²) in [7, 11) is 0. The van der Waals surface area contributed by atoms with Crippen LogP contribution in [0, 0.1) is 10.5 Å². The molecule has 19 heavy (non-hydrogen) atoms. The lowest BCUT2D eigenvalue weighted by molar-refractivity contribution is 0.0695. The molecule has 1 aromatic carbocycles. The maximum atomic E-state index is 10.9. The van der Waals surface area contributed by atoms with Crippen LogP contribution < -0.4 is 5.32 Å². The van der Waals surface area contributed by atoms with Crippen molar-refractivity contribution in [1.82, 2.24) is 9.97 Å². The van der Waals surface area contributed by atoms with Gasteiger partial charge in [-0.2, -0.15) is 0 Å². The molecule has 0 saturated heterocycles. The number of aromatic carboxylic acids is 1. The zero-order valence-electron chi connectivity index (χ0n) is 9.82. The van der Waals surface area contributed by atoms with E-state index in [-0.39, 0.29) is 5.56 Å². The standard InChI is InChI=1S/C12H9BrIN3O2/c1-6-8(11(18)19)5-15-12(16-6)17-10-4-7(13)2-3-9(10)14/h2-5H,1H3,(H,18,19)(H,15,16,17). The fourth-order valence-corrected chi connectivity index (χ4v) is 2.28. The highest BCUT2D eigenvalue weighted by atomic mass is 127. The topological polar surface area (TPSA) is 75.1 Å². The Morgan fingerprint density at radius 3 is 2.84 bits per heavy atom. The predicted octanol–water partition coefficient (Wildman–Crippen LogP) is 3.59. The second-order valence-electron chi connectivity index (χ2n) is 3.75. The molecule has 0 aliphatic heterocycles. The Bertz CT molecular complexity index is 649. The summed E-state index contributed by atoms with van der Waals surface area (Å²) < 4.78 is 1.96. The van der Waals surface area contributed by atoms with Gasteiger partial charge in [0, 0.05) is 14.2 Å². The molecule has 0 atom stereocenters. The van der Waals surface area contributed by atoms with Crippen molar-refractivity contribution in [1.29, 1.82) is 0 Å². The van der Waals surface area contributed by atoms with Gasteiger partial charge >= 0.3 is 5.97 Å². The molecular weight excluding hydrogens is 425 g/mol. The molecular formula is C12H9BrIN3O2. The minimum atomic E-state index is -1.03. The zero-order valence-corrected chi connectivity index (χ0v) is 13.6. The molecule has 0 aliphatic rings. The number of carboxylic acid groups (broad SMARTS) is 1. The highest BCUT2D eigenvalue weighted by Crippen LogP contribution is 2.25. The molecule has 1 heterocycles. The number of anilines is 2. The van der Waals surface area contributed by atoms with Crippen molar-refractivity contribution < 1.29 is 9.90 Å². The van der Waals surface area contributed by atoms with Crippen molar-refractivity contribution in [3.05, 3.63) is 43.7 Å². The average molecular weight is 434 g/mol. The van der Waals surface area contributed by atoms with E-state index in [9.17, 15) is 4.79 Å². The van der Waals surface area contributed by atoms with Crippen molar-refractivity contribution in [2.24, 2.45) is 0 Å². The molecule has 2 rings (SSSR count). The molecule has 2 N–H and O–H groups in total. The van der Waals surface area contributed by atoms with Crippen LogP contribution in [0.4, 0.5) is 11.6 Å². The van der Waals surface area contributed by atoms with Gasteiger partial charge in [-0.3, -0.25) is 0 Å². The van der Waals surface area contributed by atoms with Gasteiger partial charge < -0.3 is 10.4 Å². The molecule has 5 nitrogen and oxygen atoms in total. The first kappa shape index (κ1) is 14.2. The summed E-state index contributed by atoms with van der Waals surface area (Å²) in [4.78, 5) is 19.0. The van der Waals surface area contributed by atoms with Crippen LogP contribution in [0.15, 0.2) is 28.9 Å². The average Bonchev–Trinajstić information content (AvgIpc) is 2.33. The van der Waals surface area contributed by atoms with Gasteiger partial charge in [0.25, 0.3) is 0 Å². The Morgan fingerprint density at radius 2 is 2.21 bits per heavy atom. The molecule has 0 saturated carbocycles. The molecule has 0 spiro atoms. The third kappa shape index (κ3) is 3.41. The summed E-state index contributed by atoms with van der Waals surface area (Å²) in [5.74, 6) is -0.653. The molecule has 1 aromatic heterocycles. The lowest BCUT2D eigenvalue weighted by atomic mass is 10.2. The van der Waals surface area contributed by atoms with Crippen molar-refractivity contribution in [3.8, 4) is 0 Å². The number of rotatable bonds is 3. The zero-order chi connectivity index (χ0) is 14.0. The van der Waals surface area contributed by atoms with E-state index in [0.29, 0.717) is 11.6 Å². The van der Waals surface area contributed by atoms with Crippen LogP contribution in [0.2, 0.25) is 0 Å². The van der Waals surface area contributed by atoms with Crippen LogP contribution in [-0.4, -0.2) is 21.0 Å². The van der Waals surface area contributed by atoms with E-state index in [0.717, 1.165) is 13.7 Å². The number of benzene rings is 1. The largest absolute Gasteiger partial charge is 0.478 e. The van der Waals surface area contributed by atoms with Gasteiger partial charge in [0.05, 0.1) is 16.9 Å². The van der Waals surface area contributed by atoms with Crippen LogP contribution in [0.25, 0.3) is 0 Å². The van der Waals surface area contributed by atoms with Gasteiger partial charge in [0.15, 0.2) is 0 Å². The first-order chi connectivity index (χ1) is 8.97. The van der Waals surface area contributed by atoms with E-state index in [1.54, 1.807) is 6.92 Å². The summed E-state index contributed by atoms with van der Waals surface area (Å²) in [6.45, 7) is 1.64. The highest BCUT2D eigenvalue weighted by Gasteiger charge is 2.10. The Labute approximate surface area is 131 Å². The number of hydrogen-bond donors (Lipinski definition) is 2. The summed E-state index contributed by atoms with van der Waals surface area (Å²) in [5, 5.41) is 12.0. The summed E-state index contributed by atoms with van der Waals surface area (Å²) in [6, 6.07) is 5.80. The molecule has 2 aromatic rings. The van der Waals surface area contributed by atoms with E-state index in [2.05, 4.69) is 53.8 Å². The van der Waals surface area contributed by atoms with Gasteiger partial charge in [-0.15, -0.1) is 0 Å². The molecule has 0 aliphatic carbocycles. The van der Waals surface area contributed by atoms with Gasteiger partial charge in [-0.05, 0) is 47.7 Å². The van der Waals surface area contributed by atoms with Crippen LogP contribution in [0.1, 0.15) is 16.1 Å². The summed E-state index contributed by atoms with van der Waals surface area (Å²) in [6.07, 6.45) is 1.30. The number of nitrogens with one attached hydrogen (secondary N) is 1. The second kappa shape index (κ2) is 5.83. The normalized spacial score (nSPS) is 10.3. The van der Waals surface area contributed by atoms with Crippen LogP contribution >= 0.6 is 38.5 Å². The van der Waals surface area contributed by atoms with E-state index >= 15 is 0 Å². The third-order valence-electron chi connectivity index (χ3n) is 2.38. The summed E-state index contributed by atoms with van der Waals surface area (Å²) in [5.41, 5.74) is 1.39. The van der Waals surface area contributed by atoms with Crippen molar-refractivity contribution >= 4 is 56.1 Å². The Kier molecular flexibility index (Phi) is 4.35. The molecule has 7 heteroatoms. The van der Waals surface area contributed by atoms with Crippen molar-refractivity contribution in [3.63, 3.8) is 0 Å². The number of halogens is 2. The first-order valence-electron chi connectivity index (χ1n) is 5.26. The van der Waals surface area contributed by atoms with Crippen molar-refractivity contribution in [2.45, 2.75) is 6.92 Å². The molecule has 0 amide bonds. The minimum absolute atomic E-state index is 0.106. The maximum Gasteiger partial charge on any atom is 0.339 e. The monoisotopic (exact) mass is 433 g/mol. The molecule has 0 bridgehead atoms. The number of carbonyl (C=O) groups is 1. The Balaban J connectivity index is 2.31. The molecule has 0 unspecified atom stereocenters. The number of hydrogen-bond acceptors (Lipinski definition) is 4. The SMILES string of the molecule is Cc1nc(Nc2cc(Br)ccc2I)ncc1C(=O)O. The second-order valence-corrected chi connectivity index (χ2v) is 5.82. The van der Waals surface area contributed by atoms with E-state index in [1.807, 2.05) is 18.2 Å². The number of carboxylic acids is 1. The van der Waals surface area contributed by atoms with E-state index in [4.69, 9.17) is 5.11 Å². The predicted molar refractivity (Wildman–Crippen MR) is 83.9 cm³/mol. The minimum Gasteiger partial charge on any atom is -0.478 e. The Morgan fingerprint density at radius 1 is 1.47 bits per heavy atom. The van der Waals surface area contributed by atoms with Crippen molar-refractivity contribution in [2.75, 3.05) is 5.32 Å². The van der Waals surface area contributed by atoms with Gasteiger partial charge in [-0.1, -0.05) is 15.9 Å². The fraction of sp³-hybridized carbons (Fsp3) is 0.0833. The van der Waals surface area contributed by atoms with Crippen LogP contribution in [-0.2, 0) is 0 Å². The number of aryl methyl sites for hydroxylation is 1.